The van der Waals surface area contributed by atoms with Crippen molar-refractivity contribution < 1.29 is 8.42 Å². The van der Waals surface area contributed by atoms with Crippen molar-refractivity contribution in [2.75, 3.05) is 6.54 Å². The van der Waals surface area contributed by atoms with Crippen LogP contribution in [0.3, 0.4) is 0 Å². The van der Waals surface area contributed by atoms with Gasteiger partial charge in [0.2, 0.25) is 5.03 Å². The SMILES string of the molecule is CCCCCCNS(=O)(=O)c1c(Br)nnn1C. The summed E-state index contributed by atoms with van der Waals surface area (Å²) in [7, 11) is -1.98. The largest absolute Gasteiger partial charge is 0.260 e. The minimum atomic E-state index is -3.52. The van der Waals surface area contributed by atoms with Gasteiger partial charge in [0.15, 0.2) is 4.60 Å². The molecule has 6 nitrogen and oxygen atoms in total. The summed E-state index contributed by atoms with van der Waals surface area (Å²) in [6.07, 6.45) is 4.13. The predicted octanol–water partition coefficient (Wildman–Crippen LogP) is 1.44. The highest BCUT2D eigenvalue weighted by Crippen LogP contribution is 2.17. The van der Waals surface area contributed by atoms with Gasteiger partial charge in [-0.1, -0.05) is 31.4 Å². The average Bonchev–Trinajstić information content (AvgIpc) is 2.58. The van der Waals surface area contributed by atoms with Crippen LogP contribution in [0.2, 0.25) is 0 Å². The molecule has 1 aromatic heterocycles. The molecular formula is C9H17BrN4O2S. The molecule has 0 aliphatic rings. The molecule has 0 aliphatic heterocycles. The van der Waals surface area contributed by atoms with Crippen LogP contribution in [0.15, 0.2) is 9.63 Å². The maximum absolute atomic E-state index is 11.9. The topological polar surface area (TPSA) is 76.9 Å². The molecule has 1 aromatic rings. The Balaban J connectivity index is 2.58. The molecule has 0 saturated carbocycles. The normalized spacial score (nSPS) is 11.9. The lowest BCUT2D eigenvalue weighted by Gasteiger charge is -2.06. The van der Waals surface area contributed by atoms with Crippen molar-refractivity contribution in [2.24, 2.45) is 7.05 Å². The van der Waals surface area contributed by atoms with E-state index in [4.69, 9.17) is 0 Å². The third-order valence-corrected chi connectivity index (χ3v) is 4.66. The zero-order valence-electron chi connectivity index (χ0n) is 9.98. The number of hydrogen-bond acceptors (Lipinski definition) is 4. The van der Waals surface area contributed by atoms with E-state index in [0.717, 1.165) is 25.7 Å². The molecule has 1 heterocycles. The number of rotatable bonds is 7. The molecule has 0 unspecified atom stereocenters. The number of sulfonamides is 1. The molecule has 17 heavy (non-hydrogen) atoms. The van der Waals surface area contributed by atoms with Crippen LogP contribution in [0.4, 0.5) is 0 Å². The number of nitrogens with one attached hydrogen (secondary N) is 1. The van der Waals surface area contributed by atoms with Gasteiger partial charge in [0.25, 0.3) is 10.0 Å². The highest BCUT2D eigenvalue weighted by atomic mass is 79.9. The number of aromatic nitrogens is 3. The van der Waals surface area contributed by atoms with Crippen molar-refractivity contribution in [3.05, 3.63) is 4.60 Å². The molecule has 0 bridgehead atoms. The van der Waals surface area contributed by atoms with Gasteiger partial charge >= 0.3 is 0 Å². The molecule has 0 spiro atoms. The Morgan fingerprint density at radius 1 is 1.35 bits per heavy atom. The molecule has 0 fully saturated rings. The average molecular weight is 325 g/mol. The van der Waals surface area contributed by atoms with Crippen LogP contribution in [0.5, 0.6) is 0 Å². The minimum Gasteiger partial charge on any atom is -0.235 e. The van der Waals surface area contributed by atoms with Gasteiger partial charge in [-0.05, 0) is 22.4 Å². The van der Waals surface area contributed by atoms with Crippen molar-refractivity contribution in [3.8, 4) is 0 Å². The fourth-order valence-corrected chi connectivity index (χ4v) is 3.60. The van der Waals surface area contributed by atoms with Crippen molar-refractivity contribution in [1.82, 2.24) is 19.7 Å². The highest BCUT2D eigenvalue weighted by molar-refractivity contribution is 9.10. The van der Waals surface area contributed by atoms with Gasteiger partial charge in [-0.2, -0.15) is 0 Å². The van der Waals surface area contributed by atoms with E-state index in [1.807, 2.05) is 0 Å². The molecule has 98 valence electrons. The van der Waals surface area contributed by atoms with Crippen molar-refractivity contribution >= 4 is 26.0 Å². The Morgan fingerprint density at radius 2 is 2.06 bits per heavy atom. The van der Waals surface area contributed by atoms with Crippen LogP contribution in [-0.2, 0) is 17.1 Å². The molecule has 1 rings (SSSR count). The van der Waals surface area contributed by atoms with E-state index in [1.165, 1.54) is 4.68 Å². The first-order valence-corrected chi connectivity index (χ1v) is 7.81. The van der Waals surface area contributed by atoms with E-state index in [2.05, 4.69) is 37.9 Å². The molecule has 0 atom stereocenters. The van der Waals surface area contributed by atoms with E-state index < -0.39 is 10.0 Å². The molecule has 0 aromatic carbocycles. The van der Waals surface area contributed by atoms with Crippen LogP contribution in [-0.4, -0.2) is 30.0 Å². The number of hydrogen-bond donors (Lipinski definition) is 1. The third-order valence-electron chi connectivity index (χ3n) is 2.31. The smallest absolute Gasteiger partial charge is 0.235 e. The number of aryl methyl sites for hydroxylation is 1. The van der Waals surface area contributed by atoms with Crippen LogP contribution >= 0.6 is 15.9 Å². The lowest BCUT2D eigenvalue weighted by molar-refractivity contribution is 0.554. The van der Waals surface area contributed by atoms with Crippen molar-refractivity contribution in [1.29, 1.82) is 0 Å². The molecule has 0 saturated heterocycles. The molecule has 8 heteroatoms. The van der Waals surface area contributed by atoms with Crippen LogP contribution in [0.1, 0.15) is 32.6 Å². The summed E-state index contributed by atoms with van der Waals surface area (Å²) in [6, 6.07) is 0. The second kappa shape index (κ2) is 6.46. The van der Waals surface area contributed by atoms with Crippen LogP contribution < -0.4 is 4.72 Å². The lowest BCUT2D eigenvalue weighted by Crippen LogP contribution is -2.27. The predicted molar refractivity (Wildman–Crippen MR) is 68.0 cm³/mol. The maximum atomic E-state index is 11.9. The minimum absolute atomic E-state index is 0.0630. The van der Waals surface area contributed by atoms with Gasteiger partial charge in [-0.25, -0.2) is 17.8 Å². The Bertz CT molecular complexity index is 438. The maximum Gasteiger partial charge on any atom is 0.260 e. The first-order valence-electron chi connectivity index (χ1n) is 5.54. The van der Waals surface area contributed by atoms with Gasteiger partial charge in [0.05, 0.1) is 0 Å². The van der Waals surface area contributed by atoms with Gasteiger partial charge in [0.1, 0.15) is 0 Å². The van der Waals surface area contributed by atoms with Crippen LogP contribution in [0.25, 0.3) is 0 Å². The monoisotopic (exact) mass is 324 g/mol. The lowest BCUT2D eigenvalue weighted by atomic mass is 10.2. The first kappa shape index (κ1) is 14.6. The third kappa shape index (κ3) is 4.04. The summed E-state index contributed by atoms with van der Waals surface area (Å²) in [5.74, 6) is 0. The Kier molecular flexibility index (Phi) is 5.54. The van der Waals surface area contributed by atoms with Gasteiger partial charge in [0, 0.05) is 13.6 Å². The van der Waals surface area contributed by atoms with Crippen molar-refractivity contribution in [3.63, 3.8) is 0 Å². The summed E-state index contributed by atoms with van der Waals surface area (Å²) in [4.78, 5) is 0. The summed E-state index contributed by atoms with van der Waals surface area (Å²) < 4.78 is 27.9. The number of nitrogens with zero attached hydrogens (tertiary/aromatic N) is 3. The van der Waals surface area contributed by atoms with E-state index in [-0.39, 0.29) is 9.63 Å². The molecule has 1 N–H and O–H groups in total. The Hall–Kier alpha value is -0.470. The number of unbranched alkanes of at least 4 members (excludes halogenated alkanes) is 3. The van der Waals surface area contributed by atoms with E-state index in [1.54, 1.807) is 7.05 Å². The quantitative estimate of drug-likeness (QED) is 0.770. The first-order chi connectivity index (χ1) is 7.99. The fourth-order valence-electron chi connectivity index (χ4n) is 1.43. The zero-order valence-corrected chi connectivity index (χ0v) is 12.4. The summed E-state index contributed by atoms with van der Waals surface area (Å²) in [6.45, 7) is 2.56. The Labute approximate surface area is 110 Å². The van der Waals surface area contributed by atoms with Crippen LogP contribution in [0, 0.1) is 0 Å². The summed E-state index contributed by atoms with van der Waals surface area (Å²) >= 11 is 3.07. The summed E-state index contributed by atoms with van der Waals surface area (Å²) in [5.41, 5.74) is 0. The second-order valence-corrected chi connectivity index (χ2v) is 6.20. The highest BCUT2D eigenvalue weighted by Gasteiger charge is 2.22. The van der Waals surface area contributed by atoms with Gasteiger partial charge in [-0.3, -0.25) is 0 Å². The van der Waals surface area contributed by atoms with E-state index in [0.29, 0.717) is 6.54 Å². The fraction of sp³-hybridized carbons (Fsp3) is 0.778. The molecule has 0 aliphatic carbocycles. The Morgan fingerprint density at radius 3 is 2.59 bits per heavy atom. The standard InChI is InChI=1S/C9H17BrN4O2S/c1-3-4-5-6-7-11-17(15,16)9-8(10)12-13-14(9)2/h11H,3-7H2,1-2H3. The summed E-state index contributed by atoms with van der Waals surface area (Å²) in [5, 5.41) is 7.35. The van der Waals surface area contributed by atoms with Gasteiger partial charge in [-0.15, -0.1) is 5.10 Å². The number of halogens is 1. The molecule has 0 amide bonds. The van der Waals surface area contributed by atoms with E-state index in [9.17, 15) is 8.42 Å². The molecular weight excluding hydrogens is 308 g/mol. The van der Waals surface area contributed by atoms with E-state index >= 15 is 0 Å². The van der Waals surface area contributed by atoms with Crippen molar-refractivity contribution in [2.45, 2.75) is 37.6 Å². The van der Waals surface area contributed by atoms with Gasteiger partial charge < -0.3 is 0 Å². The zero-order chi connectivity index (χ0) is 12.9. The molecule has 0 radical (unpaired) electrons. The second-order valence-electron chi connectivity index (χ2n) is 3.77.